The number of sulfone groups is 1. The topological polar surface area (TPSA) is 76.0 Å². The standard InChI is InChI=1S/C18H22N2O4S/c1-3-4-10-15-17-16(11-12-20(15)13(2)21)24-19-18(17)25(22,23)14-8-6-5-7-9-14/h5-9,11-12,15-17H,3-4,10H2,1-2H3/t15-,16+,17+/m0/s1. The number of oxime groups is 1. The van der Waals surface area contributed by atoms with E-state index in [0.717, 1.165) is 12.8 Å². The lowest BCUT2D eigenvalue weighted by Crippen LogP contribution is -2.50. The number of hydrogen-bond acceptors (Lipinski definition) is 5. The van der Waals surface area contributed by atoms with Crippen molar-refractivity contribution in [2.24, 2.45) is 11.1 Å². The highest BCUT2D eigenvalue weighted by Gasteiger charge is 2.49. The summed E-state index contributed by atoms with van der Waals surface area (Å²) in [6, 6.07) is 7.95. The van der Waals surface area contributed by atoms with Crippen LogP contribution in [0.3, 0.4) is 0 Å². The van der Waals surface area contributed by atoms with Gasteiger partial charge in [0.25, 0.3) is 0 Å². The lowest BCUT2D eigenvalue weighted by atomic mass is 9.87. The summed E-state index contributed by atoms with van der Waals surface area (Å²) in [6.45, 7) is 3.55. The Hall–Kier alpha value is -2.15. The molecule has 3 rings (SSSR count). The first-order chi connectivity index (χ1) is 12.0. The van der Waals surface area contributed by atoms with Gasteiger partial charge in [-0.3, -0.25) is 4.79 Å². The summed E-state index contributed by atoms with van der Waals surface area (Å²) in [7, 11) is -3.76. The number of amides is 1. The van der Waals surface area contributed by atoms with Gasteiger partial charge in [-0.25, -0.2) is 8.42 Å². The van der Waals surface area contributed by atoms with Crippen molar-refractivity contribution in [2.75, 3.05) is 0 Å². The van der Waals surface area contributed by atoms with E-state index < -0.39 is 21.9 Å². The van der Waals surface area contributed by atoms with Gasteiger partial charge in [0.2, 0.25) is 15.7 Å². The number of benzene rings is 1. The molecule has 25 heavy (non-hydrogen) atoms. The van der Waals surface area contributed by atoms with Crippen LogP contribution in [0.1, 0.15) is 33.1 Å². The lowest BCUT2D eigenvalue weighted by molar-refractivity contribution is -0.129. The van der Waals surface area contributed by atoms with Crippen LogP contribution in [0.15, 0.2) is 52.7 Å². The molecule has 1 aromatic carbocycles. The van der Waals surface area contributed by atoms with Crippen molar-refractivity contribution in [2.45, 2.75) is 50.2 Å². The highest BCUT2D eigenvalue weighted by molar-refractivity contribution is 8.06. The van der Waals surface area contributed by atoms with E-state index in [1.54, 1.807) is 47.5 Å². The van der Waals surface area contributed by atoms with E-state index in [1.165, 1.54) is 6.92 Å². The molecular weight excluding hydrogens is 340 g/mol. The Balaban J connectivity index is 2.00. The Morgan fingerprint density at radius 1 is 1.28 bits per heavy atom. The van der Waals surface area contributed by atoms with Gasteiger partial charge in [-0.2, -0.15) is 0 Å². The van der Waals surface area contributed by atoms with Crippen molar-refractivity contribution in [3.63, 3.8) is 0 Å². The second-order valence-corrected chi connectivity index (χ2v) is 8.22. The average molecular weight is 362 g/mol. The molecule has 3 atom stereocenters. The van der Waals surface area contributed by atoms with E-state index in [-0.39, 0.29) is 21.9 Å². The van der Waals surface area contributed by atoms with Crippen LogP contribution in [0.25, 0.3) is 0 Å². The third-order valence-electron chi connectivity index (χ3n) is 4.66. The van der Waals surface area contributed by atoms with Gasteiger partial charge in [0.05, 0.1) is 10.8 Å². The lowest BCUT2D eigenvalue weighted by Gasteiger charge is -2.37. The Labute approximate surface area is 148 Å². The molecule has 0 bridgehead atoms. The molecule has 0 radical (unpaired) electrons. The number of hydrogen-bond donors (Lipinski definition) is 0. The molecule has 0 N–H and O–H groups in total. The molecule has 2 aliphatic rings. The highest BCUT2D eigenvalue weighted by atomic mass is 32.2. The Morgan fingerprint density at radius 2 is 2.00 bits per heavy atom. The molecule has 1 aromatic rings. The predicted octanol–water partition coefficient (Wildman–Crippen LogP) is 2.72. The van der Waals surface area contributed by atoms with Gasteiger partial charge < -0.3 is 9.74 Å². The summed E-state index contributed by atoms with van der Waals surface area (Å²) in [6.07, 6.45) is 5.51. The fourth-order valence-electron chi connectivity index (χ4n) is 3.40. The first-order valence-corrected chi connectivity index (χ1v) is 9.96. The molecule has 0 saturated heterocycles. The van der Waals surface area contributed by atoms with Crippen LogP contribution in [0.4, 0.5) is 0 Å². The van der Waals surface area contributed by atoms with Crippen LogP contribution in [-0.2, 0) is 19.5 Å². The van der Waals surface area contributed by atoms with Crippen LogP contribution >= 0.6 is 0 Å². The number of rotatable bonds is 4. The van der Waals surface area contributed by atoms with E-state index in [1.807, 2.05) is 0 Å². The highest BCUT2D eigenvalue weighted by Crippen LogP contribution is 2.36. The zero-order valence-electron chi connectivity index (χ0n) is 14.3. The van der Waals surface area contributed by atoms with Crippen molar-refractivity contribution in [1.29, 1.82) is 0 Å². The van der Waals surface area contributed by atoms with Crippen LogP contribution in [0, 0.1) is 5.92 Å². The van der Waals surface area contributed by atoms with Crippen LogP contribution in [0.5, 0.6) is 0 Å². The molecule has 1 amide bonds. The Morgan fingerprint density at radius 3 is 2.64 bits per heavy atom. The van der Waals surface area contributed by atoms with E-state index in [9.17, 15) is 13.2 Å². The quantitative estimate of drug-likeness (QED) is 0.825. The smallest absolute Gasteiger partial charge is 0.223 e. The largest absolute Gasteiger partial charge is 0.387 e. The van der Waals surface area contributed by atoms with Gasteiger partial charge in [-0.15, -0.1) is 0 Å². The van der Waals surface area contributed by atoms with Crippen LogP contribution in [0.2, 0.25) is 0 Å². The molecule has 7 heteroatoms. The zero-order valence-corrected chi connectivity index (χ0v) is 15.1. The summed E-state index contributed by atoms with van der Waals surface area (Å²) in [5.41, 5.74) is 0. The van der Waals surface area contributed by atoms with E-state index in [4.69, 9.17) is 4.84 Å². The summed E-state index contributed by atoms with van der Waals surface area (Å²) in [5.74, 6) is -0.593. The maximum Gasteiger partial charge on any atom is 0.223 e. The van der Waals surface area contributed by atoms with Gasteiger partial charge in [-0.1, -0.05) is 43.1 Å². The summed E-state index contributed by atoms with van der Waals surface area (Å²) in [4.78, 5) is 19.2. The zero-order chi connectivity index (χ0) is 18.0. The fraction of sp³-hybridized carbons (Fsp3) is 0.444. The van der Waals surface area contributed by atoms with Crippen molar-refractivity contribution in [3.05, 3.63) is 42.6 Å². The average Bonchev–Trinajstić information content (AvgIpc) is 3.05. The normalized spacial score (nSPS) is 25.3. The first-order valence-electron chi connectivity index (χ1n) is 8.48. The van der Waals surface area contributed by atoms with E-state index >= 15 is 0 Å². The third-order valence-corrected chi connectivity index (χ3v) is 6.45. The molecule has 6 nitrogen and oxygen atoms in total. The minimum Gasteiger partial charge on any atom is -0.387 e. The van der Waals surface area contributed by atoms with Crippen molar-refractivity contribution in [1.82, 2.24) is 4.90 Å². The Bertz CT molecular complexity index is 802. The minimum atomic E-state index is -3.76. The van der Waals surface area contributed by atoms with Gasteiger partial charge in [0, 0.05) is 19.2 Å². The SMILES string of the molecule is CCCC[C@H]1[C@H]2C(S(=O)(=O)c3ccccc3)=NO[C@@H]2C=CN1C(C)=O. The minimum absolute atomic E-state index is 0.0143. The summed E-state index contributed by atoms with van der Waals surface area (Å²) < 4.78 is 26.1. The molecule has 2 aliphatic heterocycles. The van der Waals surface area contributed by atoms with Gasteiger partial charge in [0.15, 0.2) is 11.1 Å². The number of carbonyl (C=O) groups is 1. The maximum atomic E-state index is 13.0. The molecule has 0 aromatic heterocycles. The number of unbranched alkanes of at least 4 members (excludes halogenated alkanes) is 1. The molecule has 0 aliphatic carbocycles. The summed E-state index contributed by atoms with van der Waals surface area (Å²) >= 11 is 0. The third kappa shape index (κ3) is 3.20. The molecule has 0 unspecified atom stereocenters. The van der Waals surface area contributed by atoms with Gasteiger partial charge >= 0.3 is 0 Å². The summed E-state index contributed by atoms with van der Waals surface area (Å²) in [5, 5.41) is 3.93. The molecular formula is C18H22N2O4S. The fourth-order valence-corrected chi connectivity index (χ4v) is 4.95. The van der Waals surface area contributed by atoms with E-state index in [0.29, 0.717) is 6.42 Å². The van der Waals surface area contributed by atoms with Gasteiger partial charge in [0.1, 0.15) is 0 Å². The number of carbonyl (C=O) groups excluding carboxylic acids is 1. The molecule has 0 saturated carbocycles. The Kier molecular flexibility index (Phi) is 4.94. The second-order valence-electron chi connectivity index (χ2n) is 6.32. The molecule has 2 heterocycles. The molecule has 134 valence electrons. The molecule has 0 fully saturated rings. The predicted molar refractivity (Wildman–Crippen MR) is 94.4 cm³/mol. The van der Waals surface area contributed by atoms with Crippen molar-refractivity contribution in [3.8, 4) is 0 Å². The van der Waals surface area contributed by atoms with Crippen molar-refractivity contribution >= 4 is 20.8 Å². The monoisotopic (exact) mass is 362 g/mol. The maximum absolute atomic E-state index is 13.0. The number of fused-ring (bicyclic) bond motifs is 1. The van der Waals surface area contributed by atoms with Crippen LogP contribution < -0.4 is 0 Å². The molecule has 0 spiro atoms. The van der Waals surface area contributed by atoms with Crippen molar-refractivity contribution < 1.29 is 18.0 Å². The number of nitrogens with zero attached hydrogens (tertiary/aromatic N) is 2. The van der Waals surface area contributed by atoms with E-state index in [2.05, 4.69) is 12.1 Å². The van der Waals surface area contributed by atoms with Gasteiger partial charge in [-0.05, 0) is 24.6 Å². The van der Waals surface area contributed by atoms with Crippen LogP contribution in [-0.4, -0.2) is 36.4 Å². The second kappa shape index (κ2) is 7.00. The first kappa shape index (κ1) is 17.7.